The fraction of sp³-hybridized carbons (Fsp3) is 0.0541. The Labute approximate surface area is 245 Å². The Balaban J connectivity index is 1.17. The summed E-state index contributed by atoms with van der Waals surface area (Å²) >= 11 is 0. The minimum Gasteiger partial charge on any atom is -0.457 e. The first-order chi connectivity index (χ1) is 20.7. The van der Waals surface area contributed by atoms with Gasteiger partial charge in [-0.15, -0.1) is 0 Å². The van der Waals surface area contributed by atoms with E-state index in [-0.39, 0.29) is 0 Å². The Morgan fingerprint density at radius 3 is 2.14 bits per heavy atom. The Bertz CT molecular complexity index is 1900. The van der Waals surface area contributed by atoms with E-state index >= 15 is 0 Å². The molecule has 0 unspecified atom stereocenters. The summed E-state index contributed by atoms with van der Waals surface area (Å²) in [6, 6.07) is 42.8. The number of benzene rings is 5. The van der Waals surface area contributed by atoms with Gasteiger partial charge in [0.05, 0.1) is 12.4 Å². The van der Waals surface area contributed by atoms with Gasteiger partial charge in [-0.3, -0.25) is 4.98 Å². The van der Waals surface area contributed by atoms with Crippen LogP contribution in [0.2, 0.25) is 0 Å². The van der Waals surface area contributed by atoms with Crippen molar-refractivity contribution < 1.29 is 9.47 Å². The summed E-state index contributed by atoms with van der Waals surface area (Å²) in [7, 11) is 2.07. The highest BCUT2D eigenvalue weighted by Gasteiger charge is 2.15. The van der Waals surface area contributed by atoms with Gasteiger partial charge < -0.3 is 19.3 Å². The molecule has 6 aromatic rings. The SMILES string of the molecule is CN1C=CN(c2cc(Oc3cccc(-c4cc(-c5cccc(Oc6ccccc6)c5)ccn4)c3)c3ccccc3c2)C1. The molecule has 2 heterocycles. The molecule has 7 rings (SSSR count). The number of fused-ring (bicyclic) bond motifs is 1. The molecular weight excluding hydrogens is 518 g/mol. The summed E-state index contributed by atoms with van der Waals surface area (Å²) in [4.78, 5) is 9.05. The molecule has 1 aliphatic heterocycles. The van der Waals surface area contributed by atoms with Crippen molar-refractivity contribution in [2.24, 2.45) is 0 Å². The van der Waals surface area contributed by atoms with Crippen molar-refractivity contribution in [3.8, 4) is 45.4 Å². The van der Waals surface area contributed by atoms with E-state index in [1.165, 1.54) is 0 Å². The number of rotatable bonds is 7. The average Bonchev–Trinajstić information content (AvgIpc) is 3.48. The molecular formula is C37H29N3O2. The number of hydrogen-bond donors (Lipinski definition) is 0. The molecule has 0 amide bonds. The normalized spacial score (nSPS) is 12.6. The van der Waals surface area contributed by atoms with E-state index in [4.69, 9.17) is 14.5 Å². The third-order valence-corrected chi connectivity index (χ3v) is 7.28. The van der Waals surface area contributed by atoms with Gasteiger partial charge >= 0.3 is 0 Å². The van der Waals surface area contributed by atoms with Crippen molar-refractivity contribution in [3.63, 3.8) is 0 Å². The van der Waals surface area contributed by atoms with Crippen LogP contribution in [0.5, 0.6) is 23.0 Å². The largest absolute Gasteiger partial charge is 0.457 e. The van der Waals surface area contributed by atoms with Crippen LogP contribution in [0.15, 0.2) is 146 Å². The number of nitrogens with zero attached hydrogens (tertiary/aromatic N) is 3. The van der Waals surface area contributed by atoms with Gasteiger partial charge in [-0.05, 0) is 71.1 Å². The van der Waals surface area contributed by atoms with Gasteiger partial charge in [0.15, 0.2) is 0 Å². The molecule has 0 fully saturated rings. The third-order valence-electron chi connectivity index (χ3n) is 7.28. The Hall–Kier alpha value is -5.55. The molecule has 5 aromatic carbocycles. The topological polar surface area (TPSA) is 37.8 Å². The van der Waals surface area contributed by atoms with E-state index in [1.807, 2.05) is 79.0 Å². The van der Waals surface area contributed by atoms with Crippen LogP contribution in [0.4, 0.5) is 5.69 Å². The van der Waals surface area contributed by atoms with Crippen LogP contribution >= 0.6 is 0 Å². The smallest absolute Gasteiger partial charge is 0.137 e. The zero-order chi connectivity index (χ0) is 28.3. The first-order valence-electron chi connectivity index (χ1n) is 13.9. The highest BCUT2D eigenvalue weighted by molar-refractivity contribution is 5.92. The molecule has 5 heteroatoms. The van der Waals surface area contributed by atoms with E-state index in [0.717, 1.165) is 68.5 Å². The third kappa shape index (κ3) is 5.40. The average molecular weight is 548 g/mol. The van der Waals surface area contributed by atoms with E-state index < -0.39 is 0 Å². The van der Waals surface area contributed by atoms with Crippen LogP contribution in [0.3, 0.4) is 0 Å². The maximum absolute atomic E-state index is 6.56. The van der Waals surface area contributed by atoms with Crippen LogP contribution in [0.1, 0.15) is 0 Å². The lowest BCUT2D eigenvalue weighted by molar-refractivity contribution is 0.483. The first-order valence-corrected chi connectivity index (χ1v) is 13.9. The molecule has 1 aliphatic rings. The van der Waals surface area contributed by atoms with Crippen molar-refractivity contribution >= 4 is 16.5 Å². The number of ether oxygens (including phenoxy) is 2. The quantitative estimate of drug-likeness (QED) is 0.199. The molecule has 0 spiro atoms. The predicted molar refractivity (Wildman–Crippen MR) is 170 cm³/mol. The summed E-state index contributed by atoms with van der Waals surface area (Å²) in [5.41, 5.74) is 5.07. The van der Waals surface area contributed by atoms with Crippen LogP contribution in [-0.4, -0.2) is 23.6 Å². The Morgan fingerprint density at radius 1 is 0.595 bits per heavy atom. The minimum atomic E-state index is 0.759. The second-order valence-corrected chi connectivity index (χ2v) is 10.3. The summed E-state index contributed by atoms with van der Waals surface area (Å²) in [6.07, 6.45) is 6.02. The number of aromatic nitrogens is 1. The number of anilines is 1. The van der Waals surface area contributed by atoms with Gasteiger partial charge in [-0.1, -0.05) is 66.7 Å². The summed E-state index contributed by atoms with van der Waals surface area (Å²) in [5.74, 6) is 3.18. The Kier molecular flexibility index (Phi) is 6.74. The lowest BCUT2D eigenvalue weighted by Gasteiger charge is -2.20. The van der Waals surface area contributed by atoms with Crippen molar-refractivity contribution in [1.82, 2.24) is 9.88 Å². The molecule has 1 aromatic heterocycles. The molecule has 204 valence electrons. The van der Waals surface area contributed by atoms with E-state index in [0.29, 0.717) is 0 Å². The first kappa shape index (κ1) is 25.4. The van der Waals surface area contributed by atoms with Crippen molar-refractivity contribution in [3.05, 3.63) is 146 Å². The van der Waals surface area contributed by atoms with E-state index in [2.05, 4.69) is 83.8 Å². The van der Waals surface area contributed by atoms with Gasteiger partial charge in [0.25, 0.3) is 0 Å². The summed E-state index contributed by atoms with van der Waals surface area (Å²) < 4.78 is 12.6. The van der Waals surface area contributed by atoms with Crippen molar-refractivity contribution in [2.45, 2.75) is 0 Å². The Morgan fingerprint density at radius 2 is 1.31 bits per heavy atom. The summed E-state index contributed by atoms with van der Waals surface area (Å²) in [6.45, 7) is 0.802. The lowest BCUT2D eigenvalue weighted by atomic mass is 10.0. The monoisotopic (exact) mass is 547 g/mol. The molecule has 0 radical (unpaired) electrons. The molecule has 0 N–H and O–H groups in total. The number of hydrogen-bond acceptors (Lipinski definition) is 5. The maximum atomic E-state index is 6.56. The molecule has 0 bridgehead atoms. The zero-order valence-electron chi connectivity index (χ0n) is 23.2. The van der Waals surface area contributed by atoms with Crippen molar-refractivity contribution in [1.29, 1.82) is 0 Å². The fourth-order valence-corrected chi connectivity index (χ4v) is 5.18. The number of para-hydroxylation sites is 1. The predicted octanol–water partition coefficient (Wildman–Crippen LogP) is 9.33. The minimum absolute atomic E-state index is 0.759. The van der Waals surface area contributed by atoms with Crippen LogP contribution < -0.4 is 14.4 Å². The van der Waals surface area contributed by atoms with E-state index in [9.17, 15) is 0 Å². The fourth-order valence-electron chi connectivity index (χ4n) is 5.18. The molecule has 5 nitrogen and oxygen atoms in total. The van der Waals surface area contributed by atoms with Gasteiger partial charge in [-0.25, -0.2) is 0 Å². The molecule has 0 saturated carbocycles. The highest BCUT2D eigenvalue weighted by Crippen LogP contribution is 2.37. The van der Waals surface area contributed by atoms with E-state index in [1.54, 1.807) is 0 Å². The van der Waals surface area contributed by atoms with Crippen LogP contribution in [0, 0.1) is 0 Å². The molecule has 0 aliphatic carbocycles. The summed E-state index contributed by atoms with van der Waals surface area (Å²) in [5, 5.41) is 2.21. The second-order valence-electron chi connectivity index (χ2n) is 10.3. The van der Waals surface area contributed by atoms with Crippen LogP contribution in [-0.2, 0) is 0 Å². The van der Waals surface area contributed by atoms with Crippen molar-refractivity contribution in [2.75, 3.05) is 18.6 Å². The molecule has 42 heavy (non-hydrogen) atoms. The highest BCUT2D eigenvalue weighted by atomic mass is 16.5. The van der Waals surface area contributed by atoms with Gasteiger partial charge in [0.1, 0.15) is 23.0 Å². The maximum Gasteiger partial charge on any atom is 0.137 e. The number of pyridine rings is 1. The standard InChI is InChI=1S/C37H29N3O2/c1-39-19-20-40(26-39)31-21-29-9-5-6-16-35(29)37(25-31)42-34-15-8-11-30(23-34)36-24-28(17-18-38-36)27-10-7-14-33(22-27)41-32-12-3-2-4-13-32/h2-25H,26H2,1H3. The van der Waals surface area contributed by atoms with Gasteiger partial charge in [0.2, 0.25) is 0 Å². The molecule has 0 saturated heterocycles. The van der Waals surface area contributed by atoms with Crippen LogP contribution in [0.25, 0.3) is 33.2 Å². The second kappa shape index (κ2) is 11.1. The molecule has 0 atom stereocenters. The zero-order valence-corrected chi connectivity index (χ0v) is 23.2. The lowest BCUT2D eigenvalue weighted by Crippen LogP contribution is -2.21. The van der Waals surface area contributed by atoms with Gasteiger partial charge in [-0.2, -0.15) is 0 Å². The van der Waals surface area contributed by atoms with Gasteiger partial charge in [0, 0.05) is 48.3 Å².